The van der Waals surface area contributed by atoms with Crippen molar-refractivity contribution in [3.05, 3.63) is 64.1 Å². The van der Waals surface area contributed by atoms with Gasteiger partial charge in [-0.1, -0.05) is 18.2 Å². The third-order valence-corrected chi connectivity index (χ3v) is 3.19. The average Bonchev–Trinajstić information content (AvgIpc) is 2.41. The Balaban J connectivity index is 2.28. The Bertz CT molecular complexity index is 638. The van der Waals surface area contributed by atoms with Gasteiger partial charge < -0.3 is 5.32 Å². The zero-order chi connectivity index (χ0) is 13.8. The van der Waals surface area contributed by atoms with E-state index in [-0.39, 0.29) is 10.2 Å². The number of benzene rings is 2. The van der Waals surface area contributed by atoms with Gasteiger partial charge >= 0.3 is 0 Å². The van der Waals surface area contributed by atoms with Crippen LogP contribution in [0.3, 0.4) is 0 Å². The number of anilines is 1. The Hall–Kier alpha value is -1.93. The summed E-state index contributed by atoms with van der Waals surface area (Å²) in [4.78, 5) is 0. The maximum Gasteiger partial charge on any atom is 0.146 e. The molecule has 0 saturated carbocycles. The molecule has 2 aromatic carbocycles. The van der Waals surface area contributed by atoms with Crippen molar-refractivity contribution >= 4 is 21.6 Å². The highest BCUT2D eigenvalue weighted by atomic mass is 79.9. The molecule has 0 fully saturated rings. The second-order valence-electron chi connectivity index (χ2n) is 3.86. The van der Waals surface area contributed by atoms with Gasteiger partial charge in [0, 0.05) is 0 Å². The molecule has 0 bridgehead atoms. The molecule has 0 aromatic heterocycles. The largest absolute Gasteiger partial charge is 0.364 e. The Kier molecular flexibility index (Phi) is 4.13. The van der Waals surface area contributed by atoms with Crippen molar-refractivity contribution in [1.82, 2.24) is 0 Å². The molecular formula is C14H9BrF2N2. The van der Waals surface area contributed by atoms with E-state index in [1.165, 1.54) is 30.3 Å². The molecule has 0 spiro atoms. The summed E-state index contributed by atoms with van der Waals surface area (Å²) < 4.78 is 26.9. The van der Waals surface area contributed by atoms with Crippen molar-refractivity contribution in [3.8, 4) is 6.07 Å². The highest BCUT2D eigenvalue weighted by molar-refractivity contribution is 9.10. The number of hydrogen-bond donors (Lipinski definition) is 1. The zero-order valence-electron chi connectivity index (χ0n) is 9.70. The number of nitriles is 1. The van der Waals surface area contributed by atoms with Gasteiger partial charge in [0.15, 0.2) is 0 Å². The molecule has 0 aliphatic carbocycles. The fraction of sp³-hybridized carbons (Fsp3) is 0.0714. The van der Waals surface area contributed by atoms with Gasteiger partial charge in [0.25, 0.3) is 0 Å². The fourth-order valence-corrected chi connectivity index (χ4v) is 2.01. The highest BCUT2D eigenvalue weighted by Crippen LogP contribution is 2.25. The minimum atomic E-state index is -0.756. The monoisotopic (exact) mass is 322 g/mol. The SMILES string of the molecule is N#CC(Nc1ccccc1F)c1ccc(F)c(Br)c1. The third-order valence-electron chi connectivity index (χ3n) is 2.58. The standard InChI is InChI=1S/C14H9BrF2N2/c15-10-7-9(5-6-11(10)16)14(8-18)19-13-4-2-1-3-12(13)17/h1-7,14,19H. The molecule has 1 atom stereocenters. The van der Waals surface area contributed by atoms with Gasteiger partial charge in [-0.05, 0) is 45.8 Å². The van der Waals surface area contributed by atoms with Crippen molar-refractivity contribution in [2.45, 2.75) is 6.04 Å². The van der Waals surface area contributed by atoms with E-state index in [1.54, 1.807) is 12.1 Å². The van der Waals surface area contributed by atoms with E-state index in [2.05, 4.69) is 21.2 Å². The van der Waals surface area contributed by atoms with Crippen LogP contribution in [0.2, 0.25) is 0 Å². The molecule has 2 rings (SSSR count). The molecule has 0 aliphatic heterocycles. The minimum Gasteiger partial charge on any atom is -0.364 e. The summed E-state index contributed by atoms with van der Waals surface area (Å²) >= 11 is 3.06. The van der Waals surface area contributed by atoms with E-state index in [0.29, 0.717) is 5.56 Å². The van der Waals surface area contributed by atoms with Gasteiger partial charge in [0.2, 0.25) is 0 Å². The van der Waals surface area contributed by atoms with Crippen LogP contribution in [0.15, 0.2) is 46.9 Å². The van der Waals surface area contributed by atoms with Crippen LogP contribution in [0.4, 0.5) is 14.5 Å². The Morgan fingerprint density at radius 2 is 1.84 bits per heavy atom. The summed E-state index contributed by atoms with van der Waals surface area (Å²) in [7, 11) is 0. The molecule has 2 aromatic rings. The van der Waals surface area contributed by atoms with E-state index in [0.717, 1.165) is 0 Å². The fourth-order valence-electron chi connectivity index (χ4n) is 1.62. The number of nitrogens with zero attached hydrogens (tertiary/aromatic N) is 1. The minimum absolute atomic E-state index is 0.231. The molecule has 0 amide bonds. The van der Waals surface area contributed by atoms with Gasteiger partial charge in [-0.25, -0.2) is 8.78 Å². The number of hydrogen-bond acceptors (Lipinski definition) is 2. The molecule has 96 valence electrons. The molecule has 19 heavy (non-hydrogen) atoms. The van der Waals surface area contributed by atoms with Crippen LogP contribution in [0, 0.1) is 23.0 Å². The lowest BCUT2D eigenvalue weighted by Crippen LogP contribution is -2.09. The van der Waals surface area contributed by atoms with E-state index in [4.69, 9.17) is 5.26 Å². The first-order chi connectivity index (χ1) is 9.11. The van der Waals surface area contributed by atoms with Crippen LogP contribution >= 0.6 is 15.9 Å². The number of nitrogens with one attached hydrogen (secondary N) is 1. The van der Waals surface area contributed by atoms with Crippen LogP contribution in [-0.2, 0) is 0 Å². The van der Waals surface area contributed by atoms with Crippen molar-refractivity contribution in [3.63, 3.8) is 0 Å². The molecule has 0 saturated heterocycles. The van der Waals surface area contributed by atoms with E-state index >= 15 is 0 Å². The predicted molar refractivity (Wildman–Crippen MR) is 72.5 cm³/mol. The Morgan fingerprint density at radius 1 is 1.11 bits per heavy atom. The maximum absolute atomic E-state index is 13.5. The van der Waals surface area contributed by atoms with E-state index in [9.17, 15) is 8.78 Å². The van der Waals surface area contributed by atoms with Crippen molar-refractivity contribution < 1.29 is 8.78 Å². The Morgan fingerprint density at radius 3 is 2.47 bits per heavy atom. The molecule has 1 unspecified atom stereocenters. The van der Waals surface area contributed by atoms with Crippen LogP contribution in [-0.4, -0.2) is 0 Å². The first kappa shape index (κ1) is 13.5. The molecule has 0 aliphatic rings. The number of halogens is 3. The molecule has 5 heteroatoms. The van der Waals surface area contributed by atoms with Gasteiger partial charge in [0.1, 0.15) is 17.7 Å². The number of rotatable bonds is 3. The summed E-state index contributed by atoms with van der Waals surface area (Å²) in [6.45, 7) is 0. The van der Waals surface area contributed by atoms with Gasteiger partial charge in [-0.2, -0.15) is 5.26 Å². The average molecular weight is 323 g/mol. The lowest BCUT2D eigenvalue weighted by atomic mass is 10.1. The van der Waals surface area contributed by atoms with Crippen LogP contribution in [0.1, 0.15) is 11.6 Å². The van der Waals surface area contributed by atoms with Crippen molar-refractivity contribution in [1.29, 1.82) is 5.26 Å². The van der Waals surface area contributed by atoms with Gasteiger partial charge in [-0.3, -0.25) is 0 Å². The second kappa shape index (κ2) is 5.81. The first-order valence-electron chi connectivity index (χ1n) is 5.47. The maximum atomic E-state index is 13.5. The lowest BCUT2D eigenvalue weighted by Gasteiger charge is -2.14. The Labute approximate surface area is 117 Å². The van der Waals surface area contributed by atoms with Crippen molar-refractivity contribution in [2.24, 2.45) is 0 Å². The van der Waals surface area contributed by atoms with Gasteiger partial charge in [-0.15, -0.1) is 0 Å². The summed E-state index contributed by atoms with van der Waals surface area (Å²) in [6.07, 6.45) is 0. The number of para-hydroxylation sites is 1. The molecule has 0 heterocycles. The van der Waals surface area contributed by atoms with Crippen LogP contribution in [0.25, 0.3) is 0 Å². The second-order valence-corrected chi connectivity index (χ2v) is 4.71. The van der Waals surface area contributed by atoms with Crippen molar-refractivity contribution in [2.75, 3.05) is 5.32 Å². The van der Waals surface area contributed by atoms with Gasteiger partial charge in [0.05, 0.1) is 16.2 Å². The first-order valence-corrected chi connectivity index (χ1v) is 6.26. The molecular weight excluding hydrogens is 314 g/mol. The molecule has 2 nitrogen and oxygen atoms in total. The third kappa shape index (κ3) is 3.09. The lowest BCUT2D eigenvalue weighted by molar-refractivity contribution is 0.619. The van der Waals surface area contributed by atoms with Crippen LogP contribution in [0.5, 0.6) is 0 Å². The predicted octanol–water partition coefficient (Wildman–Crippen LogP) is 4.40. The van der Waals surface area contributed by atoms with E-state index < -0.39 is 17.7 Å². The summed E-state index contributed by atoms with van der Waals surface area (Å²) in [6, 6.07) is 11.6. The zero-order valence-corrected chi connectivity index (χ0v) is 11.3. The van der Waals surface area contributed by atoms with E-state index in [1.807, 2.05) is 6.07 Å². The molecule has 1 N–H and O–H groups in total. The topological polar surface area (TPSA) is 35.8 Å². The summed E-state index contributed by atoms with van der Waals surface area (Å²) in [5.41, 5.74) is 0.786. The van der Waals surface area contributed by atoms with Crippen LogP contribution < -0.4 is 5.32 Å². The quantitative estimate of drug-likeness (QED) is 0.908. The highest BCUT2D eigenvalue weighted by Gasteiger charge is 2.13. The molecule has 0 radical (unpaired) electrons. The summed E-state index contributed by atoms with van der Waals surface area (Å²) in [5.74, 6) is -0.852. The normalized spacial score (nSPS) is 11.7. The smallest absolute Gasteiger partial charge is 0.146 e. The summed E-state index contributed by atoms with van der Waals surface area (Å²) in [5, 5.41) is 11.9.